The minimum absolute atomic E-state index is 0.00996. The van der Waals surface area contributed by atoms with Gasteiger partial charge in [0.05, 0.1) is 5.56 Å². The smallest absolute Gasteiger partial charge is 0.137 e. The van der Waals surface area contributed by atoms with E-state index < -0.39 is 11.6 Å². The topological polar surface area (TPSA) is 61.0 Å². The number of nitrogen functional groups attached to an aromatic ring is 1. The molecular weight excluding hydrogens is 300 g/mol. The van der Waals surface area contributed by atoms with Crippen molar-refractivity contribution in [1.29, 1.82) is 0 Å². The molecule has 0 saturated carbocycles. The van der Waals surface area contributed by atoms with Gasteiger partial charge in [0.2, 0.25) is 0 Å². The molecular formula is C17H13F2N3O. The number of rotatable bonds is 4. The maximum Gasteiger partial charge on any atom is 0.137 e. The highest BCUT2D eigenvalue weighted by Crippen LogP contribution is 2.32. The van der Waals surface area contributed by atoms with E-state index in [1.54, 1.807) is 0 Å². The van der Waals surface area contributed by atoms with Crippen LogP contribution < -0.4 is 10.5 Å². The molecule has 0 aliphatic heterocycles. The van der Waals surface area contributed by atoms with Gasteiger partial charge in [0.1, 0.15) is 36.1 Å². The summed E-state index contributed by atoms with van der Waals surface area (Å²) < 4.78 is 34.0. The summed E-state index contributed by atoms with van der Waals surface area (Å²) in [5, 5.41) is 0. The molecule has 3 aromatic rings. The van der Waals surface area contributed by atoms with Gasteiger partial charge in [0, 0.05) is 23.9 Å². The number of hydrogen-bond donors (Lipinski definition) is 1. The highest BCUT2D eigenvalue weighted by molar-refractivity contribution is 5.74. The second kappa shape index (κ2) is 6.39. The van der Waals surface area contributed by atoms with Gasteiger partial charge in [-0.05, 0) is 5.56 Å². The Labute approximate surface area is 131 Å². The number of benzene rings is 2. The summed E-state index contributed by atoms with van der Waals surface area (Å²) >= 11 is 0. The summed E-state index contributed by atoms with van der Waals surface area (Å²) in [5.74, 6) is -1.46. The average molecular weight is 313 g/mol. The molecule has 1 aromatic heterocycles. The van der Waals surface area contributed by atoms with Gasteiger partial charge < -0.3 is 10.5 Å². The Kier molecular flexibility index (Phi) is 4.14. The van der Waals surface area contributed by atoms with Crippen LogP contribution in [0.4, 0.5) is 14.6 Å². The predicted molar refractivity (Wildman–Crippen MR) is 82.6 cm³/mol. The number of nitrogens with two attached hydrogens (primary N) is 1. The maximum absolute atomic E-state index is 14.3. The summed E-state index contributed by atoms with van der Waals surface area (Å²) in [4.78, 5) is 7.49. The number of aromatic nitrogens is 2. The molecule has 116 valence electrons. The number of nitrogens with zero attached hydrogens (tertiary/aromatic N) is 2. The Morgan fingerprint density at radius 3 is 2.39 bits per heavy atom. The van der Waals surface area contributed by atoms with E-state index in [0.29, 0.717) is 0 Å². The van der Waals surface area contributed by atoms with E-state index in [1.807, 2.05) is 30.3 Å². The van der Waals surface area contributed by atoms with Gasteiger partial charge in [0.25, 0.3) is 0 Å². The first-order chi connectivity index (χ1) is 11.1. The van der Waals surface area contributed by atoms with Crippen molar-refractivity contribution in [3.8, 4) is 16.9 Å². The number of hydrogen-bond acceptors (Lipinski definition) is 4. The molecule has 0 amide bonds. The third-order valence-electron chi connectivity index (χ3n) is 3.28. The van der Waals surface area contributed by atoms with Gasteiger partial charge in [0.15, 0.2) is 0 Å². The maximum atomic E-state index is 14.3. The lowest BCUT2D eigenvalue weighted by atomic mass is 10.1. The molecule has 0 fully saturated rings. The van der Waals surface area contributed by atoms with Gasteiger partial charge in [-0.25, -0.2) is 18.7 Å². The summed E-state index contributed by atoms with van der Waals surface area (Å²) in [7, 11) is 0. The molecule has 1 heterocycles. The standard InChI is InChI=1S/C17H13F2N3O/c18-14-6-12(23-9-11-4-2-1-3-5-11)7-15(19)16(14)13-8-21-10-22-17(13)20/h1-8,10H,9H2,(H2,20,21,22). The lowest BCUT2D eigenvalue weighted by Crippen LogP contribution is -2.01. The molecule has 0 bridgehead atoms. The van der Waals surface area contributed by atoms with Gasteiger partial charge >= 0.3 is 0 Å². The minimum atomic E-state index is -0.783. The Hall–Kier alpha value is -3.02. The molecule has 2 aromatic carbocycles. The monoisotopic (exact) mass is 313 g/mol. The van der Waals surface area contributed by atoms with Crippen LogP contribution in [-0.2, 0) is 6.61 Å². The van der Waals surface area contributed by atoms with Crippen LogP contribution in [-0.4, -0.2) is 9.97 Å². The Balaban J connectivity index is 1.87. The zero-order chi connectivity index (χ0) is 16.2. The van der Waals surface area contributed by atoms with Crippen molar-refractivity contribution in [2.24, 2.45) is 0 Å². The highest BCUT2D eigenvalue weighted by atomic mass is 19.1. The lowest BCUT2D eigenvalue weighted by molar-refractivity contribution is 0.303. The number of halogens is 2. The number of ether oxygens (including phenoxy) is 1. The average Bonchev–Trinajstić information content (AvgIpc) is 2.55. The van der Waals surface area contributed by atoms with Crippen LogP contribution >= 0.6 is 0 Å². The molecule has 0 aliphatic carbocycles. The lowest BCUT2D eigenvalue weighted by Gasteiger charge is -2.11. The van der Waals surface area contributed by atoms with Crippen LogP contribution in [0.15, 0.2) is 55.0 Å². The fraction of sp³-hybridized carbons (Fsp3) is 0.0588. The molecule has 0 spiro atoms. The second-order valence-corrected chi connectivity index (χ2v) is 4.86. The first-order valence-corrected chi connectivity index (χ1v) is 6.87. The van der Waals surface area contributed by atoms with Crippen LogP contribution in [0.3, 0.4) is 0 Å². The van der Waals surface area contributed by atoms with Gasteiger partial charge in [-0.15, -0.1) is 0 Å². The van der Waals surface area contributed by atoms with E-state index >= 15 is 0 Å². The fourth-order valence-electron chi connectivity index (χ4n) is 2.16. The molecule has 0 unspecified atom stereocenters. The SMILES string of the molecule is Nc1ncncc1-c1c(F)cc(OCc2ccccc2)cc1F. The predicted octanol–water partition coefficient (Wildman–Crippen LogP) is 3.58. The molecule has 0 radical (unpaired) electrons. The molecule has 0 saturated heterocycles. The first-order valence-electron chi connectivity index (χ1n) is 6.87. The van der Waals surface area contributed by atoms with Crippen LogP contribution in [0.5, 0.6) is 5.75 Å². The first kappa shape index (κ1) is 14.9. The van der Waals surface area contributed by atoms with Gasteiger partial charge in [-0.2, -0.15) is 0 Å². The fourth-order valence-corrected chi connectivity index (χ4v) is 2.16. The van der Waals surface area contributed by atoms with E-state index in [9.17, 15) is 8.78 Å². The van der Waals surface area contributed by atoms with Crippen molar-refractivity contribution in [2.45, 2.75) is 6.61 Å². The number of anilines is 1. The minimum Gasteiger partial charge on any atom is -0.489 e. The van der Waals surface area contributed by atoms with Crippen LogP contribution in [0.25, 0.3) is 11.1 Å². The van der Waals surface area contributed by atoms with E-state index in [-0.39, 0.29) is 29.3 Å². The summed E-state index contributed by atoms with van der Waals surface area (Å²) in [6, 6.07) is 11.6. The Morgan fingerprint density at radius 1 is 1.04 bits per heavy atom. The largest absolute Gasteiger partial charge is 0.489 e. The van der Waals surface area contributed by atoms with Gasteiger partial charge in [-0.1, -0.05) is 30.3 Å². The van der Waals surface area contributed by atoms with E-state index in [4.69, 9.17) is 10.5 Å². The summed E-state index contributed by atoms with van der Waals surface area (Å²) in [6.45, 7) is 0.218. The molecule has 2 N–H and O–H groups in total. The van der Waals surface area contributed by atoms with Gasteiger partial charge in [-0.3, -0.25) is 0 Å². The van der Waals surface area contributed by atoms with Crippen LogP contribution in [0.1, 0.15) is 5.56 Å². The summed E-state index contributed by atoms with van der Waals surface area (Å²) in [5.41, 5.74) is 6.39. The van der Waals surface area contributed by atoms with Crippen molar-refractivity contribution in [3.05, 3.63) is 72.2 Å². The quantitative estimate of drug-likeness (QED) is 0.799. The van der Waals surface area contributed by atoms with Crippen LogP contribution in [0, 0.1) is 11.6 Å². The normalized spacial score (nSPS) is 10.5. The summed E-state index contributed by atoms with van der Waals surface area (Å²) in [6.07, 6.45) is 2.49. The molecule has 6 heteroatoms. The van der Waals surface area contributed by atoms with Crippen molar-refractivity contribution >= 4 is 5.82 Å². The van der Waals surface area contributed by atoms with Crippen molar-refractivity contribution in [2.75, 3.05) is 5.73 Å². The molecule has 3 rings (SSSR count). The second-order valence-electron chi connectivity index (χ2n) is 4.86. The zero-order valence-corrected chi connectivity index (χ0v) is 12.0. The Morgan fingerprint density at radius 2 is 1.74 bits per heavy atom. The third kappa shape index (κ3) is 3.26. The zero-order valence-electron chi connectivity index (χ0n) is 12.0. The van der Waals surface area contributed by atoms with Crippen LogP contribution in [0.2, 0.25) is 0 Å². The van der Waals surface area contributed by atoms with E-state index in [2.05, 4.69) is 9.97 Å². The molecule has 0 aliphatic rings. The molecule has 0 atom stereocenters. The molecule has 23 heavy (non-hydrogen) atoms. The Bertz CT molecular complexity index is 802. The van der Waals surface area contributed by atoms with Crippen molar-refractivity contribution in [3.63, 3.8) is 0 Å². The van der Waals surface area contributed by atoms with E-state index in [0.717, 1.165) is 17.7 Å². The third-order valence-corrected chi connectivity index (χ3v) is 3.28. The molecule has 4 nitrogen and oxygen atoms in total. The highest BCUT2D eigenvalue weighted by Gasteiger charge is 2.17. The van der Waals surface area contributed by atoms with E-state index in [1.165, 1.54) is 12.5 Å². The van der Waals surface area contributed by atoms with Crippen molar-refractivity contribution < 1.29 is 13.5 Å². The van der Waals surface area contributed by atoms with Crippen molar-refractivity contribution in [1.82, 2.24) is 9.97 Å².